The van der Waals surface area contributed by atoms with Crippen molar-refractivity contribution in [2.45, 2.75) is 89.9 Å². The molecule has 0 saturated heterocycles. The third-order valence-electron chi connectivity index (χ3n) is 6.88. The zero-order valence-electron chi connectivity index (χ0n) is 24.1. The summed E-state index contributed by atoms with van der Waals surface area (Å²) in [6, 6.07) is 12.1. The fraction of sp³-hybridized carbons (Fsp3) is 0.469. The van der Waals surface area contributed by atoms with E-state index in [1.165, 1.54) is 17.0 Å². The van der Waals surface area contributed by atoms with Gasteiger partial charge in [-0.25, -0.2) is 4.79 Å². The van der Waals surface area contributed by atoms with Crippen molar-refractivity contribution in [3.05, 3.63) is 77.9 Å². The highest BCUT2D eigenvalue weighted by Crippen LogP contribution is 2.26. The number of ether oxygens (including phenoxy) is 1. The van der Waals surface area contributed by atoms with Gasteiger partial charge in [-0.05, 0) is 63.8 Å². The molecule has 2 atom stereocenters. The van der Waals surface area contributed by atoms with Gasteiger partial charge in [0, 0.05) is 19.0 Å². The summed E-state index contributed by atoms with van der Waals surface area (Å²) < 4.78 is 5.46. The Hall–Kier alpha value is -3.81. The number of carbonyl (C=O) groups is 3. The summed E-state index contributed by atoms with van der Waals surface area (Å²) in [7, 11) is 0. The van der Waals surface area contributed by atoms with E-state index < -0.39 is 29.7 Å². The predicted molar refractivity (Wildman–Crippen MR) is 156 cm³/mol. The quantitative estimate of drug-likeness (QED) is 0.347. The summed E-state index contributed by atoms with van der Waals surface area (Å²) in [5.74, 6) is -0.603. The van der Waals surface area contributed by atoms with Gasteiger partial charge in [-0.15, -0.1) is 6.58 Å². The van der Waals surface area contributed by atoms with Crippen LogP contribution in [0.1, 0.15) is 75.6 Å². The van der Waals surface area contributed by atoms with Crippen LogP contribution in [0.2, 0.25) is 0 Å². The number of hydrogen-bond acceptors (Lipinski definition) is 5. The molecule has 2 aromatic carbocycles. The van der Waals surface area contributed by atoms with Crippen LogP contribution in [0.4, 0.5) is 4.79 Å². The number of rotatable bonds is 10. The van der Waals surface area contributed by atoms with Gasteiger partial charge >= 0.3 is 6.09 Å². The van der Waals surface area contributed by atoms with Crippen LogP contribution in [0.15, 0.2) is 61.2 Å². The molecule has 2 unspecified atom stereocenters. The Morgan fingerprint density at radius 3 is 2.25 bits per heavy atom. The third-order valence-corrected chi connectivity index (χ3v) is 6.88. The first-order valence-corrected chi connectivity index (χ1v) is 14.0. The van der Waals surface area contributed by atoms with Crippen molar-refractivity contribution in [2.75, 3.05) is 6.54 Å². The lowest BCUT2D eigenvalue weighted by molar-refractivity contribution is -0.142. The number of alkyl carbamates (subject to hydrolysis) is 1. The topological polar surface area (TPSA) is 108 Å². The molecule has 0 radical (unpaired) electrons. The zero-order valence-corrected chi connectivity index (χ0v) is 24.1. The Morgan fingerprint density at radius 2 is 1.68 bits per heavy atom. The lowest BCUT2D eigenvalue weighted by Gasteiger charge is -2.35. The van der Waals surface area contributed by atoms with E-state index in [9.17, 15) is 19.5 Å². The summed E-state index contributed by atoms with van der Waals surface area (Å²) in [4.78, 5) is 42.4. The molecule has 3 rings (SSSR count). The highest BCUT2D eigenvalue weighted by atomic mass is 16.6. The molecule has 0 bridgehead atoms. The van der Waals surface area contributed by atoms with E-state index in [0.29, 0.717) is 5.56 Å². The Morgan fingerprint density at radius 1 is 1.05 bits per heavy atom. The minimum atomic E-state index is -1.03. The number of carbonyl (C=O) groups excluding carboxylic acids is 3. The van der Waals surface area contributed by atoms with Crippen molar-refractivity contribution in [1.82, 2.24) is 15.5 Å². The lowest BCUT2D eigenvalue weighted by atomic mass is 9.94. The van der Waals surface area contributed by atoms with Crippen LogP contribution < -0.4 is 10.6 Å². The molecule has 0 heterocycles. The first-order valence-electron chi connectivity index (χ1n) is 14.0. The third kappa shape index (κ3) is 9.14. The van der Waals surface area contributed by atoms with Crippen molar-refractivity contribution < 1.29 is 24.2 Å². The maximum absolute atomic E-state index is 14.3. The molecule has 40 heavy (non-hydrogen) atoms. The molecule has 2 aromatic rings. The second kappa shape index (κ2) is 14.0. The number of nitrogens with one attached hydrogen (secondary N) is 2. The standard InChI is InChI=1S/C32H43N3O5/c1-6-20-35(28(24-16-12-22(2)13-17-24)29(37)33-25-10-8-7-9-11-25)30(38)27(34-31(39)40-32(3,4)5)21-23-14-18-26(36)19-15-23/h6,12-19,25,27-28,36H,1,7-11,20-21H2,2-5H3,(H,33,37)(H,34,39). The van der Waals surface area contributed by atoms with Crippen molar-refractivity contribution in [3.8, 4) is 5.75 Å². The first-order chi connectivity index (χ1) is 19.0. The lowest BCUT2D eigenvalue weighted by Crippen LogP contribution is -2.54. The molecule has 0 spiro atoms. The van der Waals surface area contributed by atoms with Gasteiger partial charge in [-0.1, -0.05) is 67.3 Å². The molecule has 1 aliphatic rings. The molecular weight excluding hydrogens is 506 g/mol. The van der Waals surface area contributed by atoms with E-state index >= 15 is 0 Å². The molecule has 0 aliphatic heterocycles. The summed E-state index contributed by atoms with van der Waals surface area (Å²) in [6.07, 6.45) is 6.07. The van der Waals surface area contributed by atoms with Gasteiger partial charge in [0.05, 0.1) is 0 Å². The summed E-state index contributed by atoms with van der Waals surface area (Å²) in [6.45, 7) is 11.1. The molecule has 216 valence electrons. The number of phenols is 1. The highest BCUT2D eigenvalue weighted by molar-refractivity contribution is 5.92. The number of phenolic OH excluding ortho intramolecular Hbond substituents is 1. The van der Waals surface area contributed by atoms with Gasteiger partial charge in [-0.2, -0.15) is 0 Å². The predicted octanol–water partition coefficient (Wildman–Crippen LogP) is 5.34. The van der Waals surface area contributed by atoms with Crippen molar-refractivity contribution in [1.29, 1.82) is 0 Å². The normalized spacial score (nSPS) is 15.4. The summed E-state index contributed by atoms with van der Waals surface area (Å²) >= 11 is 0. The Kier molecular flexibility index (Phi) is 10.8. The largest absolute Gasteiger partial charge is 0.508 e. The minimum absolute atomic E-state index is 0.0579. The van der Waals surface area contributed by atoms with Gasteiger partial charge in [0.1, 0.15) is 23.4 Å². The van der Waals surface area contributed by atoms with E-state index in [1.54, 1.807) is 39.0 Å². The zero-order chi connectivity index (χ0) is 29.3. The van der Waals surface area contributed by atoms with Crippen LogP contribution in [0, 0.1) is 6.92 Å². The fourth-order valence-electron chi connectivity index (χ4n) is 4.93. The maximum atomic E-state index is 14.3. The SMILES string of the molecule is C=CCN(C(=O)C(Cc1ccc(O)cc1)NC(=O)OC(C)(C)C)C(C(=O)NC1CCCCC1)c1ccc(C)cc1. The van der Waals surface area contributed by atoms with Crippen LogP contribution >= 0.6 is 0 Å². The van der Waals surface area contributed by atoms with E-state index in [-0.39, 0.29) is 30.7 Å². The molecule has 8 nitrogen and oxygen atoms in total. The van der Waals surface area contributed by atoms with Crippen LogP contribution in [0.25, 0.3) is 0 Å². The number of amides is 3. The van der Waals surface area contributed by atoms with Crippen LogP contribution in [0.3, 0.4) is 0 Å². The van der Waals surface area contributed by atoms with Gasteiger partial charge in [0.2, 0.25) is 11.8 Å². The smallest absolute Gasteiger partial charge is 0.408 e. The number of nitrogens with zero attached hydrogens (tertiary/aromatic N) is 1. The van der Waals surface area contributed by atoms with Crippen molar-refractivity contribution >= 4 is 17.9 Å². The first kappa shape index (κ1) is 30.7. The van der Waals surface area contributed by atoms with Crippen molar-refractivity contribution in [3.63, 3.8) is 0 Å². The minimum Gasteiger partial charge on any atom is -0.508 e. The van der Waals surface area contributed by atoms with Gasteiger partial charge in [-0.3, -0.25) is 9.59 Å². The monoisotopic (exact) mass is 549 g/mol. The molecule has 1 fully saturated rings. The van der Waals surface area contributed by atoms with E-state index in [2.05, 4.69) is 17.2 Å². The molecular formula is C32H43N3O5. The number of aromatic hydroxyl groups is 1. The highest BCUT2D eigenvalue weighted by Gasteiger charge is 2.36. The molecule has 3 N–H and O–H groups in total. The molecule has 0 aromatic heterocycles. The average Bonchev–Trinajstić information content (AvgIpc) is 2.89. The number of benzene rings is 2. The van der Waals surface area contributed by atoms with Crippen LogP contribution in [0.5, 0.6) is 5.75 Å². The van der Waals surface area contributed by atoms with Gasteiger partial charge < -0.3 is 25.4 Å². The molecule has 3 amide bonds. The van der Waals surface area contributed by atoms with Crippen LogP contribution in [-0.2, 0) is 20.7 Å². The Balaban J connectivity index is 1.98. The average molecular weight is 550 g/mol. The summed E-state index contributed by atoms with van der Waals surface area (Å²) in [5.41, 5.74) is 1.68. The number of aryl methyl sites for hydroxylation is 1. The maximum Gasteiger partial charge on any atom is 0.408 e. The van der Waals surface area contributed by atoms with Crippen molar-refractivity contribution in [2.24, 2.45) is 0 Å². The summed E-state index contributed by atoms with van der Waals surface area (Å²) in [5, 5.41) is 15.6. The Labute approximate surface area is 237 Å². The second-order valence-electron chi connectivity index (χ2n) is 11.5. The second-order valence-corrected chi connectivity index (χ2v) is 11.5. The molecule has 8 heteroatoms. The number of hydrogen-bond donors (Lipinski definition) is 3. The van der Waals surface area contributed by atoms with Crippen LogP contribution in [-0.4, -0.2) is 52.1 Å². The van der Waals surface area contributed by atoms with Gasteiger partial charge in [0.15, 0.2) is 0 Å². The van der Waals surface area contributed by atoms with E-state index in [0.717, 1.165) is 43.2 Å². The molecule has 1 saturated carbocycles. The van der Waals surface area contributed by atoms with E-state index in [1.807, 2.05) is 31.2 Å². The molecule has 1 aliphatic carbocycles. The fourth-order valence-corrected chi connectivity index (χ4v) is 4.93. The van der Waals surface area contributed by atoms with E-state index in [4.69, 9.17) is 4.74 Å². The van der Waals surface area contributed by atoms with Gasteiger partial charge in [0.25, 0.3) is 0 Å². The Bertz CT molecular complexity index is 1150.